The fourth-order valence-electron chi connectivity index (χ4n) is 4.88. The van der Waals surface area contributed by atoms with E-state index in [1.165, 1.54) is 12.1 Å². The van der Waals surface area contributed by atoms with Crippen molar-refractivity contribution in [2.24, 2.45) is 0 Å². The molecule has 26 heavy (non-hydrogen) atoms. The van der Waals surface area contributed by atoms with Gasteiger partial charge in [0.2, 0.25) is 0 Å². The Balaban J connectivity index is 1.44. The number of nitrogens with zero attached hydrogens (tertiary/aromatic N) is 1. The Bertz CT molecular complexity index is 902. The molecule has 0 saturated carbocycles. The van der Waals surface area contributed by atoms with Gasteiger partial charge in [-0.1, -0.05) is 18.2 Å². The number of benzene rings is 2. The molecule has 0 aromatic heterocycles. The molecule has 6 heteroatoms. The third-order valence-electron chi connectivity index (χ3n) is 5.98. The van der Waals surface area contributed by atoms with E-state index in [4.69, 9.17) is 0 Å². The maximum atomic E-state index is 13.6. The van der Waals surface area contributed by atoms with Crippen LogP contribution in [0.5, 0.6) is 0 Å². The number of amides is 1. The van der Waals surface area contributed by atoms with Crippen LogP contribution in [0.25, 0.3) is 0 Å². The predicted octanol–water partition coefficient (Wildman–Crippen LogP) is 3.25. The van der Waals surface area contributed by atoms with E-state index in [0.29, 0.717) is 18.2 Å². The molecule has 5 rings (SSSR count). The molecule has 2 saturated heterocycles. The highest BCUT2D eigenvalue weighted by molar-refractivity contribution is 6.02. The molecule has 2 aromatic carbocycles. The topological polar surface area (TPSA) is 44.4 Å². The molecule has 2 aromatic rings. The van der Waals surface area contributed by atoms with Crippen molar-refractivity contribution < 1.29 is 13.6 Å². The van der Waals surface area contributed by atoms with Crippen LogP contribution in [-0.2, 0) is 6.54 Å². The zero-order valence-corrected chi connectivity index (χ0v) is 14.1. The lowest BCUT2D eigenvalue weighted by molar-refractivity contribution is 0.0870. The molecule has 3 aliphatic rings. The first-order chi connectivity index (χ1) is 12.6. The Morgan fingerprint density at radius 2 is 1.92 bits per heavy atom. The van der Waals surface area contributed by atoms with E-state index in [0.717, 1.165) is 30.5 Å². The predicted molar refractivity (Wildman–Crippen MR) is 93.6 cm³/mol. The van der Waals surface area contributed by atoms with Crippen LogP contribution in [0, 0.1) is 11.6 Å². The Kier molecular flexibility index (Phi) is 3.34. The van der Waals surface area contributed by atoms with Crippen molar-refractivity contribution >= 4 is 11.6 Å². The molecule has 0 radical (unpaired) electrons. The summed E-state index contributed by atoms with van der Waals surface area (Å²) in [7, 11) is 0. The van der Waals surface area contributed by atoms with Crippen LogP contribution in [0.4, 0.5) is 14.5 Å². The van der Waals surface area contributed by atoms with E-state index < -0.39 is 17.3 Å². The van der Waals surface area contributed by atoms with E-state index in [1.54, 1.807) is 6.07 Å². The van der Waals surface area contributed by atoms with Crippen LogP contribution in [0.1, 0.15) is 35.2 Å². The van der Waals surface area contributed by atoms with Crippen molar-refractivity contribution in [1.82, 2.24) is 10.2 Å². The van der Waals surface area contributed by atoms with Crippen LogP contribution in [0.2, 0.25) is 0 Å². The lowest BCUT2D eigenvalue weighted by Crippen LogP contribution is -2.64. The third-order valence-corrected chi connectivity index (χ3v) is 5.98. The average Bonchev–Trinajstić information content (AvgIpc) is 3.12. The molecule has 0 unspecified atom stereocenters. The maximum Gasteiger partial charge on any atom is 0.255 e. The summed E-state index contributed by atoms with van der Waals surface area (Å²) >= 11 is 0. The van der Waals surface area contributed by atoms with Gasteiger partial charge in [0.15, 0.2) is 11.6 Å². The van der Waals surface area contributed by atoms with E-state index in [1.807, 2.05) is 24.3 Å². The number of carbonyl (C=O) groups excluding carboxylic acids is 1. The van der Waals surface area contributed by atoms with Gasteiger partial charge in [-0.3, -0.25) is 9.69 Å². The largest absolute Gasteiger partial charge is 0.361 e. The molecule has 2 bridgehead atoms. The summed E-state index contributed by atoms with van der Waals surface area (Å²) in [5.41, 5.74) is 1.78. The number of para-hydroxylation sites is 1. The fourth-order valence-corrected chi connectivity index (χ4v) is 4.88. The lowest BCUT2D eigenvalue weighted by Gasteiger charge is -2.43. The monoisotopic (exact) mass is 355 g/mol. The zero-order valence-electron chi connectivity index (χ0n) is 14.1. The Hall–Kier alpha value is -2.47. The summed E-state index contributed by atoms with van der Waals surface area (Å²) in [5.74, 6) is -1.70. The van der Waals surface area contributed by atoms with Gasteiger partial charge < -0.3 is 10.6 Å². The fraction of sp³-hybridized carbons (Fsp3) is 0.350. The molecular weight excluding hydrogens is 336 g/mol. The van der Waals surface area contributed by atoms with E-state index >= 15 is 0 Å². The summed E-state index contributed by atoms with van der Waals surface area (Å²) in [6.45, 7) is 0.549. The molecule has 2 fully saturated rings. The van der Waals surface area contributed by atoms with Crippen LogP contribution < -0.4 is 10.6 Å². The van der Waals surface area contributed by atoms with E-state index in [-0.39, 0.29) is 11.9 Å². The molecule has 0 aliphatic carbocycles. The molecule has 1 amide bonds. The number of halogens is 2. The van der Waals surface area contributed by atoms with Crippen LogP contribution >= 0.6 is 0 Å². The van der Waals surface area contributed by atoms with Gasteiger partial charge in [-0.15, -0.1) is 0 Å². The second-order valence-electron chi connectivity index (χ2n) is 7.47. The summed E-state index contributed by atoms with van der Waals surface area (Å²) in [5, 5.41) is 6.75. The molecule has 3 atom stereocenters. The summed E-state index contributed by atoms with van der Waals surface area (Å²) in [6.07, 6.45) is 2.82. The highest BCUT2D eigenvalue weighted by atomic mass is 19.2. The van der Waals surface area contributed by atoms with Crippen molar-refractivity contribution in [1.29, 1.82) is 0 Å². The van der Waals surface area contributed by atoms with E-state index in [2.05, 4.69) is 15.5 Å². The quantitative estimate of drug-likeness (QED) is 0.869. The first kappa shape index (κ1) is 15.8. The normalized spacial score (nSPS) is 29.5. The van der Waals surface area contributed by atoms with Crippen molar-refractivity contribution in [3.05, 3.63) is 65.2 Å². The number of fused-ring (bicyclic) bond motifs is 4. The van der Waals surface area contributed by atoms with Gasteiger partial charge in [0.1, 0.15) is 5.66 Å². The number of rotatable bonds is 2. The van der Waals surface area contributed by atoms with Gasteiger partial charge in [0.25, 0.3) is 5.91 Å². The first-order valence-corrected chi connectivity index (χ1v) is 8.95. The molecule has 4 nitrogen and oxygen atoms in total. The zero-order chi connectivity index (χ0) is 17.9. The molecule has 2 N–H and O–H groups in total. The highest BCUT2D eigenvalue weighted by Gasteiger charge is 2.58. The molecule has 1 spiro atoms. The Labute approximate surface area is 150 Å². The number of carbonyl (C=O) groups is 1. The minimum Gasteiger partial charge on any atom is -0.361 e. The van der Waals surface area contributed by atoms with Gasteiger partial charge in [0.05, 0.1) is 11.6 Å². The van der Waals surface area contributed by atoms with Crippen molar-refractivity contribution in [2.45, 2.75) is 43.6 Å². The smallest absolute Gasteiger partial charge is 0.255 e. The van der Waals surface area contributed by atoms with E-state index in [9.17, 15) is 13.6 Å². The van der Waals surface area contributed by atoms with Crippen LogP contribution in [0.3, 0.4) is 0 Å². The van der Waals surface area contributed by atoms with Gasteiger partial charge in [-0.2, -0.15) is 0 Å². The van der Waals surface area contributed by atoms with Crippen LogP contribution in [-0.4, -0.2) is 28.6 Å². The minimum absolute atomic E-state index is 0.0559. The van der Waals surface area contributed by atoms with Gasteiger partial charge in [-0.25, -0.2) is 8.78 Å². The van der Waals surface area contributed by atoms with Gasteiger partial charge >= 0.3 is 0 Å². The molecule has 3 heterocycles. The van der Waals surface area contributed by atoms with Crippen molar-refractivity contribution in [3.63, 3.8) is 0 Å². The second-order valence-corrected chi connectivity index (χ2v) is 7.47. The van der Waals surface area contributed by atoms with Crippen molar-refractivity contribution in [2.75, 3.05) is 5.32 Å². The average molecular weight is 355 g/mol. The molecule has 134 valence electrons. The first-order valence-electron chi connectivity index (χ1n) is 8.95. The van der Waals surface area contributed by atoms with Crippen molar-refractivity contribution in [3.8, 4) is 0 Å². The number of hydrogen-bond donors (Lipinski definition) is 2. The SMILES string of the molecule is O=C1N[C@]2(C[C@H]3CC[C@H]2N3Cc2ccc(F)c(F)c2)Nc2ccccc21. The van der Waals surface area contributed by atoms with Gasteiger partial charge in [-0.05, 0) is 42.7 Å². The molecule has 3 aliphatic heterocycles. The van der Waals surface area contributed by atoms with Gasteiger partial charge in [0, 0.05) is 24.7 Å². The lowest BCUT2D eigenvalue weighted by atomic mass is 9.86. The summed E-state index contributed by atoms with van der Waals surface area (Å²) < 4.78 is 26.8. The summed E-state index contributed by atoms with van der Waals surface area (Å²) in [4.78, 5) is 14.9. The van der Waals surface area contributed by atoms with Crippen LogP contribution in [0.15, 0.2) is 42.5 Å². The highest BCUT2D eigenvalue weighted by Crippen LogP contribution is 2.47. The molecular formula is C20H19F2N3O. The maximum absolute atomic E-state index is 13.6. The Morgan fingerprint density at radius 3 is 2.77 bits per heavy atom. The number of nitrogens with one attached hydrogen (secondary N) is 2. The number of hydrogen-bond acceptors (Lipinski definition) is 3. The standard InChI is InChI=1S/C20H19F2N3O/c21-15-7-5-12(9-16(15)22)11-25-13-6-8-18(25)20(10-13)23-17-4-2-1-3-14(17)19(26)24-20/h1-5,7,9,13,18,23H,6,8,10-11H2,(H,24,26)/t13-,18-,20+/m1/s1. The Morgan fingerprint density at radius 1 is 1.08 bits per heavy atom. The second kappa shape index (κ2) is 5.51. The third kappa shape index (κ3) is 2.25. The minimum atomic E-state index is -0.826. The summed E-state index contributed by atoms with van der Waals surface area (Å²) in [6, 6.07) is 12.0. The number of anilines is 1.